The van der Waals surface area contributed by atoms with Crippen LogP contribution < -0.4 is 5.32 Å². The van der Waals surface area contributed by atoms with Crippen LogP contribution in [0.4, 0.5) is 23.2 Å². The Labute approximate surface area is 117 Å². The summed E-state index contributed by atoms with van der Waals surface area (Å²) in [4.78, 5) is 3.08. The van der Waals surface area contributed by atoms with Gasteiger partial charge in [-0.15, -0.1) is 11.3 Å². The van der Waals surface area contributed by atoms with Crippen molar-refractivity contribution < 1.29 is 17.6 Å². The standard InChI is InChI=1S/C13H12F4N2S/c1-3-18-10-5-4-8(6-9(10)14)11-12(13(15,16)17)20-7(2)19-11/h4-6,18H,3H2,1-2H3. The van der Waals surface area contributed by atoms with Gasteiger partial charge in [-0.3, -0.25) is 0 Å². The molecule has 0 bridgehead atoms. The maximum absolute atomic E-state index is 13.8. The zero-order valence-corrected chi connectivity index (χ0v) is 11.6. The summed E-state index contributed by atoms with van der Waals surface area (Å²) in [6.07, 6.45) is -4.49. The van der Waals surface area contributed by atoms with Gasteiger partial charge in [0, 0.05) is 12.1 Å². The molecule has 1 heterocycles. The average Bonchev–Trinajstić information content (AvgIpc) is 2.74. The van der Waals surface area contributed by atoms with E-state index >= 15 is 0 Å². The fourth-order valence-electron chi connectivity index (χ4n) is 1.81. The predicted octanol–water partition coefficient (Wildman–Crippen LogP) is 4.71. The van der Waals surface area contributed by atoms with E-state index in [1.807, 2.05) is 0 Å². The molecule has 1 aromatic carbocycles. The highest BCUT2D eigenvalue weighted by atomic mass is 32.1. The van der Waals surface area contributed by atoms with Crippen molar-refractivity contribution in [3.63, 3.8) is 0 Å². The van der Waals surface area contributed by atoms with Crippen LogP contribution in [0.25, 0.3) is 11.3 Å². The highest BCUT2D eigenvalue weighted by molar-refractivity contribution is 7.12. The number of benzene rings is 1. The van der Waals surface area contributed by atoms with Gasteiger partial charge < -0.3 is 5.32 Å². The molecule has 0 saturated heterocycles. The van der Waals surface area contributed by atoms with E-state index in [4.69, 9.17) is 0 Å². The summed E-state index contributed by atoms with van der Waals surface area (Å²) in [6.45, 7) is 3.82. The summed E-state index contributed by atoms with van der Waals surface area (Å²) in [6, 6.07) is 3.93. The Bertz CT molecular complexity index is 619. The number of rotatable bonds is 3. The minimum absolute atomic E-state index is 0.126. The molecule has 0 spiro atoms. The Hall–Kier alpha value is -1.63. The first kappa shape index (κ1) is 14.8. The summed E-state index contributed by atoms with van der Waals surface area (Å²) in [5.41, 5.74) is 0.166. The first-order chi connectivity index (χ1) is 9.32. The SMILES string of the molecule is CCNc1ccc(-c2nc(C)sc2C(F)(F)F)cc1F. The van der Waals surface area contributed by atoms with E-state index in [9.17, 15) is 17.6 Å². The van der Waals surface area contributed by atoms with Crippen molar-refractivity contribution in [1.29, 1.82) is 0 Å². The minimum Gasteiger partial charge on any atom is -0.383 e. The normalized spacial score (nSPS) is 11.7. The van der Waals surface area contributed by atoms with Crippen LogP contribution in [-0.4, -0.2) is 11.5 Å². The highest BCUT2D eigenvalue weighted by Crippen LogP contribution is 2.41. The Morgan fingerprint density at radius 2 is 2.00 bits per heavy atom. The molecule has 1 N–H and O–H groups in total. The van der Waals surface area contributed by atoms with Gasteiger partial charge in [0.1, 0.15) is 10.7 Å². The van der Waals surface area contributed by atoms with E-state index in [-0.39, 0.29) is 16.9 Å². The molecule has 0 aliphatic rings. The van der Waals surface area contributed by atoms with Gasteiger partial charge in [0.15, 0.2) is 0 Å². The summed E-state index contributed by atoms with van der Waals surface area (Å²) in [5, 5.41) is 3.08. The molecule has 1 aromatic heterocycles. The lowest BCUT2D eigenvalue weighted by molar-refractivity contribution is -0.134. The second-order valence-electron chi connectivity index (χ2n) is 4.13. The number of anilines is 1. The van der Waals surface area contributed by atoms with Gasteiger partial charge >= 0.3 is 6.18 Å². The summed E-state index contributed by atoms with van der Waals surface area (Å²) < 4.78 is 52.5. The Morgan fingerprint density at radius 3 is 2.55 bits per heavy atom. The van der Waals surface area contributed by atoms with Gasteiger partial charge in [0.05, 0.1) is 16.4 Å². The summed E-state index contributed by atoms with van der Waals surface area (Å²) in [5.74, 6) is -0.594. The second-order valence-corrected chi connectivity index (χ2v) is 5.34. The van der Waals surface area contributed by atoms with Crippen LogP contribution in [0.5, 0.6) is 0 Å². The van der Waals surface area contributed by atoms with Gasteiger partial charge in [-0.2, -0.15) is 13.2 Å². The van der Waals surface area contributed by atoms with Crippen molar-refractivity contribution in [1.82, 2.24) is 4.98 Å². The van der Waals surface area contributed by atoms with Gasteiger partial charge in [-0.1, -0.05) is 6.07 Å². The molecule has 0 aliphatic carbocycles. The first-order valence-electron chi connectivity index (χ1n) is 5.91. The van der Waals surface area contributed by atoms with Gasteiger partial charge in [-0.05, 0) is 26.0 Å². The molecule has 2 rings (SSSR count). The number of aryl methyl sites for hydroxylation is 1. The summed E-state index contributed by atoms with van der Waals surface area (Å²) in [7, 11) is 0. The molecule has 0 atom stereocenters. The molecule has 0 aliphatic heterocycles. The van der Waals surface area contributed by atoms with Crippen molar-refractivity contribution in [2.45, 2.75) is 20.0 Å². The van der Waals surface area contributed by atoms with Crippen molar-refractivity contribution in [2.75, 3.05) is 11.9 Å². The number of halogens is 4. The third kappa shape index (κ3) is 2.92. The van der Waals surface area contributed by atoms with E-state index in [2.05, 4.69) is 10.3 Å². The number of aromatic nitrogens is 1. The molecule has 0 unspecified atom stereocenters. The maximum Gasteiger partial charge on any atom is 0.427 e. The van der Waals surface area contributed by atoms with Crippen LogP contribution in [0.15, 0.2) is 18.2 Å². The summed E-state index contributed by atoms with van der Waals surface area (Å²) >= 11 is 0.562. The molecule has 2 nitrogen and oxygen atoms in total. The fraction of sp³-hybridized carbons (Fsp3) is 0.308. The van der Waals surface area contributed by atoms with Gasteiger partial charge in [-0.25, -0.2) is 9.37 Å². The lowest BCUT2D eigenvalue weighted by atomic mass is 10.1. The molecule has 7 heteroatoms. The van der Waals surface area contributed by atoms with Crippen LogP contribution in [0.2, 0.25) is 0 Å². The Kier molecular flexibility index (Phi) is 3.99. The van der Waals surface area contributed by atoms with Gasteiger partial charge in [0.25, 0.3) is 0 Å². The lowest BCUT2D eigenvalue weighted by Crippen LogP contribution is -2.04. The molecular formula is C13H12F4N2S. The molecular weight excluding hydrogens is 292 g/mol. The smallest absolute Gasteiger partial charge is 0.383 e. The van der Waals surface area contributed by atoms with Crippen LogP contribution in [0.1, 0.15) is 16.8 Å². The minimum atomic E-state index is -4.49. The zero-order valence-electron chi connectivity index (χ0n) is 10.8. The third-order valence-electron chi connectivity index (χ3n) is 2.60. The second kappa shape index (κ2) is 5.40. The molecule has 108 valence electrons. The van der Waals surface area contributed by atoms with Crippen LogP contribution >= 0.6 is 11.3 Å². The maximum atomic E-state index is 13.8. The zero-order chi connectivity index (χ0) is 14.9. The monoisotopic (exact) mass is 304 g/mol. The number of hydrogen-bond donors (Lipinski definition) is 1. The highest BCUT2D eigenvalue weighted by Gasteiger charge is 2.37. The number of hydrogen-bond acceptors (Lipinski definition) is 3. The number of nitrogens with zero attached hydrogens (tertiary/aromatic N) is 1. The quantitative estimate of drug-likeness (QED) is 0.831. The molecule has 0 fully saturated rings. The Morgan fingerprint density at radius 1 is 1.30 bits per heavy atom. The van der Waals surface area contributed by atoms with Crippen LogP contribution in [0.3, 0.4) is 0 Å². The predicted molar refractivity (Wildman–Crippen MR) is 71.4 cm³/mol. The van der Waals surface area contributed by atoms with E-state index in [0.29, 0.717) is 22.9 Å². The first-order valence-corrected chi connectivity index (χ1v) is 6.73. The lowest BCUT2D eigenvalue weighted by Gasteiger charge is -2.09. The van der Waals surface area contributed by atoms with E-state index < -0.39 is 16.9 Å². The molecule has 20 heavy (non-hydrogen) atoms. The number of thiazole rings is 1. The molecule has 0 radical (unpaired) electrons. The van der Waals surface area contributed by atoms with Crippen molar-refractivity contribution in [3.8, 4) is 11.3 Å². The van der Waals surface area contributed by atoms with Crippen molar-refractivity contribution >= 4 is 17.0 Å². The molecule has 0 saturated carbocycles. The van der Waals surface area contributed by atoms with Crippen LogP contribution in [-0.2, 0) is 6.18 Å². The van der Waals surface area contributed by atoms with E-state index in [1.165, 1.54) is 19.1 Å². The van der Waals surface area contributed by atoms with Crippen LogP contribution in [0, 0.1) is 12.7 Å². The number of alkyl halides is 3. The molecule has 0 amide bonds. The van der Waals surface area contributed by atoms with Crippen molar-refractivity contribution in [2.24, 2.45) is 0 Å². The number of nitrogens with one attached hydrogen (secondary N) is 1. The Balaban J connectivity index is 2.49. The molecule has 2 aromatic rings. The van der Waals surface area contributed by atoms with Gasteiger partial charge in [0.2, 0.25) is 0 Å². The fourth-order valence-corrected chi connectivity index (χ4v) is 2.62. The van der Waals surface area contributed by atoms with E-state index in [0.717, 1.165) is 6.07 Å². The average molecular weight is 304 g/mol. The third-order valence-corrected chi connectivity index (χ3v) is 3.62. The largest absolute Gasteiger partial charge is 0.427 e. The van der Waals surface area contributed by atoms with E-state index in [1.54, 1.807) is 6.92 Å². The van der Waals surface area contributed by atoms with Crippen molar-refractivity contribution in [3.05, 3.63) is 33.9 Å². The topological polar surface area (TPSA) is 24.9 Å².